The number of esters is 2. The van der Waals surface area contributed by atoms with E-state index in [0.717, 1.165) is 0 Å². The van der Waals surface area contributed by atoms with Crippen LogP contribution in [0.25, 0.3) is 0 Å². The molecule has 0 radical (unpaired) electrons. The van der Waals surface area contributed by atoms with Gasteiger partial charge in [-0.25, -0.2) is 4.79 Å². The quantitative estimate of drug-likeness (QED) is 0.286. The fourth-order valence-corrected chi connectivity index (χ4v) is 4.72. The van der Waals surface area contributed by atoms with E-state index >= 15 is 0 Å². The molecule has 0 aliphatic carbocycles. The van der Waals surface area contributed by atoms with Gasteiger partial charge in [0.2, 0.25) is 5.91 Å². The number of methoxy groups -OCH3 is 1. The number of nitro groups is 1. The SMILES string of the molecule is CCSC1=C(C(=O)OCc2ccc([N+](=O)[O-])cc2)N2C(=O)C[C@H]2C1(C)C(=O)OC. The Hall–Kier alpha value is -2.88. The number of hydrogen-bond donors (Lipinski definition) is 0. The molecule has 1 fully saturated rings. The minimum atomic E-state index is -1.12. The Morgan fingerprint density at radius 3 is 2.52 bits per heavy atom. The molecule has 29 heavy (non-hydrogen) atoms. The van der Waals surface area contributed by atoms with Crippen LogP contribution in [0.4, 0.5) is 5.69 Å². The molecule has 2 aliphatic heterocycles. The van der Waals surface area contributed by atoms with Crippen molar-refractivity contribution < 1.29 is 28.8 Å². The highest BCUT2D eigenvalue weighted by molar-refractivity contribution is 8.03. The van der Waals surface area contributed by atoms with Gasteiger partial charge in [0.05, 0.1) is 18.1 Å². The maximum Gasteiger partial charge on any atom is 0.356 e. The second kappa shape index (κ2) is 7.86. The lowest BCUT2D eigenvalue weighted by Gasteiger charge is -2.42. The summed E-state index contributed by atoms with van der Waals surface area (Å²) >= 11 is 1.31. The van der Waals surface area contributed by atoms with E-state index < -0.39 is 28.3 Å². The predicted molar refractivity (Wildman–Crippen MR) is 103 cm³/mol. The molecule has 9 nitrogen and oxygen atoms in total. The van der Waals surface area contributed by atoms with E-state index in [1.54, 1.807) is 6.92 Å². The van der Waals surface area contributed by atoms with Crippen molar-refractivity contribution in [3.8, 4) is 0 Å². The summed E-state index contributed by atoms with van der Waals surface area (Å²) in [7, 11) is 1.28. The summed E-state index contributed by atoms with van der Waals surface area (Å²) in [6.45, 7) is 3.44. The van der Waals surface area contributed by atoms with Crippen LogP contribution in [0.15, 0.2) is 34.9 Å². The highest BCUT2D eigenvalue weighted by Crippen LogP contribution is 2.55. The van der Waals surface area contributed by atoms with Gasteiger partial charge in [0.15, 0.2) is 0 Å². The van der Waals surface area contributed by atoms with Crippen molar-refractivity contribution in [1.82, 2.24) is 4.90 Å². The fourth-order valence-electron chi connectivity index (χ4n) is 3.59. The molecule has 2 atom stereocenters. The van der Waals surface area contributed by atoms with Crippen molar-refractivity contribution in [2.75, 3.05) is 12.9 Å². The van der Waals surface area contributed by atoms with Crippen LogP contribution in [-0.2, 0) is 30.5 Å². The largest absolute Gasteiger partial charge is 0.468 e. The molecule has 1 aromatic rings. The predicted octanol–water partition coefficient (Wildman–Crippen LogP) is 2.40. The Balaban J connectivity index is 1.86. The number of β-lactam (4-membered cyclic amide) rings is 1. The van der Waals surface area contributed by atoms with Gasteiger partial charge in [-0.3, -0.25) is 19.7 Å². The molecule has 3 rings (SSSR count). The van der Waals surface area contributed by atoms with Gasteiger partial charge < -0.3 is 14.4 Å². The summed E-state index contributed by atoms with van der Waals surface area (Å²) in [4.78, 5) is 49.6. The van der Waals surface area contributed by atoms with E-state index in [4.69, 9.17) is 9.47 Å². The molecule has 2 heterocycles. The molecule has 1 unspecified atom stereocenters. The third-order valence-corrected chi connectivity index (χ3v) is 6.35. The van der Waals surface area contributed by atoms with Gasteiger partial charge in [-0.05, 0) is 30.4 Å². The number of amides is 1. The third-order valence-electron chi connectivity index (χ3n) is 5.15. The topological polar surface area (TPSA) is 116 Å². The van der Waals surface area contributed by atoms with E-state index in [1.165, 1.54) is 48.0 Å². The zero-order chi connectivity index (χ0) is 21.3. The van der Waals surface area contributed by atoms with Gasteiger partial charge in [-0.15, -0.1) is 11.8 Å². The van der Waals surface area contributed by atoms with Crippen molar-refractivity contribution in [2.24, 2.45) is 5.41 Å². The first-order valence-corrected chi connectivity index (χ1v) is 9.92. The number of hydrogen-bond acceptors (Lipinski definition) is 8. The van der Waals surface area contributed by atoms with E-state index in [-0.39, 0.29) is 30.3 Å². The first kappa shape index (κ1) is 20.8. The van der Waals surface area contributed by atoms with Crippen LogP contribution in [0.2, 0.25) is 0 Å². The number of ether oxygens (including phenoxy) is 2. The first-order chi connectivity index (χ1) is 13.7. The average Bonchev–Trinajstić information content (AvgIpc) is 2.91. The first-order valence-electron chi connectivity index (χ1n) is 8.94. The number of thioether (sulfide) groups is 1. The fraction of sp³-hybridized carbons (Fsp3) is 0.421. The van der Waals surface area contributed by atoms with Crippen molar-refractivity contribution in [3.63, 3.8) is 0 Å². The molecule has 0 aromatic heterocycles. The van der Waals surface area contributed by atoms with Crippen LogP contribution in [0.3, 0.4) is 0 Å². The number of benzene rings is 1. The van der Waals surface area contributed by atoms with E-state index in [1.807, 2.05) is 6.92 Å². The zero-order valence-corrected chi connectivity index (χ0v) is 17.0. The Morgan fingerprint density at radius 1 is 1.34 bits per heavy atom. The van der Waals surface area contributed by atoms with Crippen LogP contribution < -0.4 is 0 Å². The normalized spacial score (nSPS) is 22.8. The molecule has 0 N–H and O–H groups in total. The molecule has 0 bridgehead atoms. The lowest BCUT2D eigenvalue weighted by atomic mass is 9.78. The minimum Gasteiger partial charge on any atom is -0.468 e. The summed E-state index contributed by atoms with van der Waals surface area (Å²) in [5.74, 6) is -0.881. The van der Waals surface area contributed by atoms with Gasteiger partial charge in [0.25, 0.3) is 5.69 Å². The molecule has 0 spiro atoms. The van der Waals surface area contributed by atoms with Gasteiger partial charge in [0.1, 0.15) is 17.7 Å². The molecule has 1 aromatic carbocycles. The number of carbonyl (C=O) groups is 3. The number of non-ortho nitro benzene ring substituents is 1. The lowest BCUT2D eigenvalue weighted by molar-refractivity contribution is -0.384. The Labute approximate surface area is 171 Å². The van der Waals surface area contributed by atoms with Crippen LogP contribution in [0.1, 0.15) is 25.8 Å². The molecule has 1 amide bonds. The highest BCUT2D eigenvalue weighted by atomic mass is 32.2. The molecule has 0 saturated carbocycles. The molecule has 2 aliphatic rings. The van der Waals surface area contributed by atoms with Crippen molar-refractivity contribution in [2.45, 2.75) is 32.9 Å². The van der Waals surface area contributed by atoms with Gasteiger partial charge in [-0.2, -0.15) is 0 Å². The smallest absolute Gasteiger partial charge is 0.356 e. The standard InChI is InChI=1S/C19H20N2O7S/c1-4-29-16-15(20-13(9-14(20)22)19(16,2)18(24)27-3)17(23)28-10-11-5-7-12(8-6-11)21(25)26/h5-8,13H,4,9-10H2,1-3H3/t13-,19?/m0/s1. The van der Waals surface area contributed by atoms with Crippen molar-refractivity contribution >= 4 is 35.3 Å². The monoisotopic (exact) mass is 420 g/mol. The molecule has 1 saturated heterocycles. The number of carbonyl (C=O) groups excluding carboxylic acids is 3. The summed E-state index contributed by atoms with van der Waals surface area (Å²) in [5.41, 5.74) is -0.546. The van der Waals surface area contributed by atoms with Crippen LogP contribution in [-0.4, -0.2) is 46.6 Å². The zero-order valence-electron chi connectivity index (χ0n) is 16.2. The van der Waals surface area contributed by atoms with Gasteiger partial charge >= 0.3 is 11.9 Å². The van der Waals surface area contributed by atoms with E-state index in [0.29, 0.717) is 16.2 Å². The summed E-state index contributed by atoms with van der Waals surface area (Å²) < 4.78 is 10.3. The number of nitro benzene ring substituents is 1. The molecule has 10 heteroatoms. The third kappa shape index (κ3) is 3.37. The molecular formula is C19H20N2O7S. The second-order valence-electron chi connectivity index (χ2n) is 6.79. The van der Waals surface area contributed by atoms with Gasteiger partial charge in [-0.1, -0.05) is 6.92 Å². The van der Waals surface area contributed by atoms with Crippen molar-refractivity contribution in [1.29, 1.82) is 0 Å². The van der Waals surface area contributed by atoms with E-state index in [2.05, 4.69) is 0 Å². The maximum absolute atomic E-state index is 12.9. The maximum atomic E-state index is 12.9. The number of fused-ring (bicyclic) bond motifs is 1. The molecular weight excluding hydrogens is 400 g/mol. The number of rotatable bonds is 7. The minimum absolute atomic E-state index is 0.0666. The van der Waals surface area contributed by atoms with E-state index in [9.17, 15) is 24.5 Å². The summed E-state index contributed by atoms with van der Waals surface area (Å²) in [6.07, 6.45) is 0.151. The average molecular weight is 420 g/mol. The van der Waals surface area contributed by atoms with Crippen molar-refractivity contribution in [3.05, 3.63) is 50.5 Å². The van der Waals surface area contributed by atoms with Gasteiger partial charge in [0, 0.05) is 23.5 Å². The second-order valence-corrected chi connectivity index (χ2v) is 8.06. The Bertz CT molecular complexity index is 912. The van der Waals surface area contributed by atoms with Crippen LogP contribution >= 0.6 is 11.8 Å². The lowest BCUT2D eigenvalue weighted by Crippen LogP contribution is -2.57. The summed E-state index contributed by atoms with van der Waals surface area (Å²) in [6, 6.07) is 5.15. The summed E-state index contributed by atoms with van der Waals surface area (Å²) in [5, 5.41) is 10.7. The Kier molecular flexibility index (Phi) is 5.65. The Morgan fingerprint density at radius 2 is 2.00 bits per heavy atom. The van der Waals surface area contributed by atoms with Crippen LogP contribution in [0.5, 0.6) is 0 Å². The molecule has 154 valence electrons. The van der Waals surface area contributed by atoms with Crippen LogP contribution in [0, 0.1) is 15.5 Å². The number of nitrogens with zero attached hydrogens (tertiary/aromatic N) is 2. The highest BCUT2D eigenvalue weighted by Gasteiger charge is 2.64.